The van der Waals surface area contributed by atoms with Crippen LogP contribution in [0.2, 0.25) is 0 Å². The third-order valence-electron chi connectivity index (χ3n) is 2.46. The maximum absolute atomic E-state index is 11.5. The van der Waals surface area contributed by atoms with Gasteiger partial charge in [0.15, 0.2) is 0 Å². The van der Waals surface area contributed by atoms with Crippen LogP contribution in [0.25, 0.3) is 10.4 Å². The number of rotatable bonds is 6. The van der Waals surface area contributed by atoms with Gasteiger partial charge in [-0.1, -0.05) is 12.1 Å². The highest BCUT2D eigenvalue weighted by Crippen LogP contribution is 2.13. The molecule has 104 valence electrons. The second kappa shape index (κ2) is 6.15. The van der Waals surface area contributed by atoms with Crippen LogP contribution < -0.4 is 5.19 Å². The highest BCUT2D eigenvalue weighted by atomic mass is 32.2. The highest BCUT2D eigenvalue weighted by Gasteiger charge is 2.40. The Kier molecular flexibility index (Phi) is 5.06. The van der Waals surface area contributed by atoms with E-state index in [1.807, 2.05) is 0 Å². The first-order valence-corrected chi connectivity index (χ1v) is 8.19. The standard InChI is InChI=1S/C9H13N3O5SSi/c1-15-19(16-2,17-3)9-6-4-8(5-7-9)18(13,14)12-11-10/h4-7H,1-3H3. The molecule has 0 aliphatic rings. The van der Waals surface area contributed by atoms with Crippen LogP contribution in [0, 0.1) is 0 Å². The minimum atomic E-state index is -3.99. The van der Waals surface area contributed by atoms with Crippen LogP contribution in [-0.2, 0) is 23.3 Å². The van der Waals surface area contributed by atoms with Gasteiger partial charge >= 0.3 is 8.80 Å². The smallest absolute Gasteiger partial charge is 0.373 e. The molecule has 0 aliphatic heterocycles. The molecule has 0 bridgehead atoms. The van der Waals surface area contributed by atoms with Crippen molar-refractivity contribution in [3.8, 4) is 0 Å². The van der Waals surface area contributed by atoms with Gasteiger partial charge in [0.2, 0.25) is 0 Å². The highest BCUT2D eigenvalue weighted by molar-refractivity contribution is 7.90. The Hall–Kier alpha value is -1.42. The van der Waals surface area contributed by atoms with E-state index in [2.05, 4.69) is 9.43 Å². The van der Waals surface area contributed by atoms with Crippen molar-refractivity contribution < 1.29 is 21.7 Å². The molecule has 0 amide bonds. The van der Waals surface area contributed by atoms with Crippen LogP contribution in [0.3, 0.4) is 0 Å². The summed E-state index contributed by atoms with van der Waals surface area (Å²) in [4.78, 5) is 2.16. The Balaban J connectivity index is 3.23. The van der Waals surface area contributed by atoms with Crippen molar-refractivity contribution in [3.05, 3.63) is 34.7 Å². The number of azide groups is 1. The van der Waals surface area contributed by atoms with Crippen LogP contribution in [0.4, 0.5) is 0 Å². The summed E-state index contributed by atoms with van der Waals surface area (Å²) in [6, 6.07) is 5.61. The molecule has 1 aromatic carbocycles. The van der Waals surface area contributed by atoms with Crippen molar-refractivity contribution >= 4 is 24.0 Å². The maximum Gasteiger partial charge on any atom is 0.536 e. The number of hydrogen-bond donors (Lipinski definition) is 0. The molecule has 0 fully saturated rings. The fourth-order valence-corrected chi connectivity index (χ4v) is 3.98. The van der Waals surface area contributed by atoms with Crippen molar-refractivity contribution in [2.24, 2.45) is 4.52 Å². The summed E-state index contributed by atoms with van der Waals surface area (Å²) < 4.78 is 41.5. The van der Waals surface area contributed by atoms with Gasteiger partial charge in [-0.25, -0.2) is 8.42 Å². The molecule has 0 radical (unpaired) electrons. The Labute approximate surface area is 112 Å². The molecule has 0 aromatic heterocycles. The summed E-state index contributed by atoms with van der Waals surface area (Å²) in [7, 11) is -2.64. The number of benzene rings is 1. The Bertz CT molecular complexity index is 570. The molecule has 0 atom stereocenters. The predicted molar refractivity (Wildman–Crippen MR) is 69.2 cm³/mol. The van der Waals surface area contributed by atoms with E-state index in [0.29, 0.717) is 5.19 Å². The van der Waals surface area contributed by atoms with Crippen LogP contribution in [0.1, 0.15) is 0 Å². The minimum Gasteiger partial charge on any atom is -0.373 e. The zero-order valence-corrected chi connectivity index (χ0v) is 12.4. The molecule has 0 saturated heterocycles. The van der Waals surface area contributed by atoms with Crippen LogP contribution >= 0.6 is 0 Å². The molecule has 0 aliphatic carbocycles. The molecular formula is C9H13N3O5SSi. The van der Waals surface area contributed by atoms with E-state index in [1.165, 1.54) is 45.6 Å². The van der Waals surface area contributed by atoms with Crippen molar-refractivity contribution in [2.45, 2.75) is 4.90 Å². The molecule has 1 aromatic rings. The van der Waals surface area contributed by atoms with Gasteiger partial charge in [-0.2, -0.15) is 0 Å². The largest absolute Gasteiger partial charge is 0.536 e. The van der Waals surface area contributed by atoms with Gasteiger partial charge in [0.05, 0.1) is 4.90 Å². The molecule has 0 saturated carbocycles. The van der Waals surface area contributed by atoms with E-state index in [0.717, 1.165) is 0 Å². The first kappa shape index (κ1) is 15.6. The summed E-state index contributed by atoms with van der Waals surface area (Å²) in [6.07, 6.45) is 0. The summed E-state index contributed by atoms with van der Waals surface area (Å²) in [5.74, 6) is 0. The van der Waals surface area contributed by atoms with E-state index in [4.69, 9.17) is 18.8 Å². The molecule has 19 heavy (non-hydrogen) atoms. The second-order valence-electron chi connectivity index (χ2n) is 3.34. The fourth-order valence-electron chi connectivity index (χ4n) is 1.53. The van der Waals surface area contributed by atoms with Gasteiger partial charge < -0.3 is 13.3 Å². The maximum atomic E-state index is 11.5. The van der Waals surface area contributed by atoms with E-state index < -0.39 is 18.8 Å². The summed E-state index contributed by atoms with van der Waals surface area (Å²) in [5, 5.41) is 0.597. The van der Waals surface area contributed by atoms with Gasteiger partial charge in [-0.05, 0) is 17.7 Å². The van der Waals surface area contributed by atoms with E-state index in [-0.39, 0.29) is 4.90 Å². The number of nitrogens with zero attached hydrogens (tertiary/aromatic N) is 3. The van der Waals surface area contributed by atoms with Crippen LogP contribution in [-0.4, -0.2) is 38.6 Å². The topological polar surface area (TPSA) is 111 Å². The van der Waals surface area contributed by atoms with Crippen LogP contribution in [0.15, 0.2) is 33.7 Å². The Morgan fingerprint density at radius 2 is 1.58 bits per heavy atom. The summed E-state index contributed by atoms with van der Waals surface area (Å²) in [5.41, 5.74) is 8.19. The quantitative estimate of drug-likeness (QED) is 0.333. The summed E-state index contributed by atoms with van der Waals surface area (Å²) in [6.45, 7) is 0. The van der Waals surface area contributed by atoms with Gasteiger partial charge in [0.25, 0.3) is 10.0 Å². The number of hydrogen-bond acceptors (Lipinski definition) is 5. The van der Waals surface area contributed by atoms with Crippen molar-refractivity contribution in [2.75, 3.05) is 21.3 Å². The zero-order valence-electron chi connectivity index (χ0n) is 10.6. The zero-order chi connectivity index (χ0) is 14.5. The molecule has 0 unspecified atom stereocenters. The SMILES string of the molecule is CO[Si](OC)(OC)c1ccc(S(=O)(=O)N=[N+]=[N-])cc1. The lowest BCUT2D eigenvalue weighted by Crippen LogP contribution is -2.54. The van der Waals surface area contributed by atoms with Crippen molar-refractivity contribution in [1.29, 1.82) is 0 Å². The molecule has 0 spiro atoms. The molecule has 0 N–H and O–H groups in total. The predicted octanol–water partition coefficient (Wildman–Crippen LogP) is 0.771. The average molecular weight is 303 g/mol. The van der Waals surface area contributed by atoms with Gasteiger partial charge in [-0.3, -0.25) is 0 Å². The monoisotopic (exact) mass is 303 g/mol. The number of sulfonamides is 1. The lowest BCUT2D eigenvalue weighted by molar-refractivity contribution is 0.140. The minimum absolute atomic E-state index is 0.111. The van der Waals surface area contributed by atoms with E-state index in [9.17, 15) is 8.42 Å². The first-order chi connectivity index (χ1) is 8.95. The van der Waals surface area contributed by atoms with Gasteiger partial charge in [0.1, 0.15) is 0 Å². The third-order valence-corrected chi connectivity index (χ3v) is 6.26. The Morgan fingerprint density at radius 3 is 1.95 bits per heavy atom. The normalized spacial score (nSPS) is 11.9. The lowest BCUT2D eigenvalue weighted by Gasteiger charge is -2.24. The second-order valence-corrected chi connectivity index (χ2v) is 7.84. The average Bonchev–Trinajstić information content (AvgIpc) is 2.42. The van der Waals surface area contributed by atoms with E-state index in [1.54, 1.807) is 0 Å². The molecule has 1 rings (SSSR count). The Morgan fingerprint density at radius 1 is 1.11 bits per heavy atom. The van der Waals surface area contributed by atoms with Crippen molar-refractivity contribution in [3.63, 3.8) is 0 Å². The van der Waals surface area contributed by atoms with Crippen LogP contribution in [0.5, 0.6) is 0 Å². The molecule has 0 heterocycles. The van der Waals surface area contributed by atoms with Crippen molar-refractivity contribution in [1.82, 2.24) is 0 Å². The molecule has 10 heteroatoms. The lowest BCUT2D eigenvalue weighted by atomic mass is 10.4. The van der Waals surface area contributed by atoms with Gasteiger partial charge in [0, 0.05) is 35.9 Å². The van der Waals surface area contributed by atoms with E-state index >= 15 is 0 Å². The molecule has 8 nitrogen and oxygen atoms in total. The molecular weight excluding hydrogens is 290 g/mol. The summed E-state index contributed by atoms with van der Waals surface area (Å²) >= 11 is 0. The van der Waals surface area contributed by atoms with Gasteiger partial charge in [-0.15, -0.1) is 0 Å². The third kappa shape index (κ3) is 3.12. The fraction of sp³-hybridized carbons (Fsp3) is 0.333. The first-order valence-electron chi connectivity index (χ1n) is 5.03.